The second kappa shape index (κ2) is 10.4. The Morgan fingerprint density at radius 2 is 1.86 bits per heavy atom. The van der Waals surface area contributed by atoms with E-state index in [-0.39, 0.29) is 18.9 Å². The first-order valence-corrected chi connectivity index (χ1v) is 9.18. The Kier molecular flexibility index (Phi) is 8.18. The summed E-state index contributed by atoms with van der Waals surface area (Å²) in [6.45, 7) is 2.52. The highest BCUT2D eigenvalue weighted by Gasteiger charge is 2.45. The fourth-order valence-electron chi connectivity index (χ4n) is 2.87. The second-order valence-corrected chi connectivity index (χ2v) is 6.63. The molecule has 1 aliphatic heterocycles. The molecule has 0 spiro atoms. The van der Waals surface area contributed by atoms with Gasteiger partial charge in [-0.15, -0.1) is 0 Å². The zero-order chi connectivity index (χ0) is 20.7. The summed E-state index contributed by atoms with van der Waals surface area (Å²) in [6, 6.07) is 6.40. The summed E-state index contributed by atoms with van der Waals surface area (Å²) < 4.78 is 16.3. The van der Waals surface area contributed by atoms with Crippen molar-refractivity contribution in [1.82, 2.24) is 0 Å². The fraction of sp³-hybridized carbons (Fsp3) is 0.579. The Bertz CT molecular complexity index is 650. The Morgan fingerprint density at radius 1 is 1.18 bits per heavy atom. The zero-order valence-electron chi connectivity index (χ0n) is 15.9. The smallest absolute Gasteiger partial charge is 0.305 e. The van der Waals surface area contributed by atoms with Crippen LogP contribution >= 0.6 is 0 Å². The van der Waals surface area contributed by atoms with Crippen LogP contribution in [-0.4, -0.2) is 65.0 Å². The number of benzene rings is 1. The summed E-state index contributed by atoms with van der Waals surface area (Å²) in [5.41, 5.74) is 0.578. The van der Waals surface area contributed by atoms with Gasteiger partial charge in [0.2, 0.25) is 12.2 Å². The number of aliphatic hydroxyl groups is 3. The normalized spacial score (nSPS) is 27.1. The van der Waals surface area contributed by atoms with Crippen LogP contribution in [0.1, 0.15) is 26.7 Å². The monoisotopic (exact) mass is 397 g/mol. The van der Waals surface area contributed by atoms with Gasteiger partial charge in [0.25, 0.3) is 0 Å². The molecule has 1 heterocycles. The van der Waals surface area contributed by atoms with Gasteiger partial charge in [-0.1, -0.05) is 6.92 Å². The molecule has 1 amide bonds. The predicted molar refractivity (Wildman–Crippen MR) is 98.5 cm³/mol. The molecule has 0 aromatic heterocycles. The number of esters is 1. The third-order valence-corrected chi connectivity index (χ3v) is 4.35. The van der Waals surface area contributed by atoms with Crippen LogP contribution < -0.4 is 10.1 Å². The van der Waals surface area contributed by atoms with E-state index in [1.165, 1.54) is 6.92 Å². The lowest BCUT2D eigenvalue weighted by molar-refractivity contribution is -0.269. The molecule has 5 atom stereocenters. The number of hydrogen-bond donors (Lipinski definition) is 4. The maximum atomic E-state index is 11.6. The van der Waals surface area contributed by atoms with Crippen LogP contribution in [0.25, 0.3) is 0 Å². The Hall–Kier alpha value is -2.20. The summed E-state index contributed by atoms with van der Waals surface area (Å²) in [6.07, 6.45) is -3.78. The summed E-state index contributed by atoms with van der Waals surface area (Å²) in [5.74, 6) is -1.20. The minimum atomic E-state index is -1.29. The first kappa shape index (κ1) is 22.1. The fourth-order valence-corrected chi connectivity index (χ4v) is 2.87. The lowest BCUT2D eigenvalue weighted by Crippen LogP contribution is -2.58. The molecule has 9 heteroatoms. The van der Waals surface area contributed by atoms with Crippen molar-refractivity contribution in [3.05, 3.63) is 24.3 Å². The molecule has 1 aromatic carbocycles. The molecule has 2 rings (SSSR count). The highest BCUT2D eigenvalue weighted by Crippen LogP contribution is 2.29. The molecular formula is C19H27NO8. The minimum absolute atomic E-state index is 0.208. The van der Waals surface area contributed by atoms with Gasteiger partial charge >= 0.3 is 5.97 Å². The number of anilines is 1. The standard InChI is InChI=1S/C19H27NO8/c1-3-4-16(23)26-10-15-17(24)14(9-21)18(25)19(28-15)27-13-7-5-12(6-8-13)20-11(2)22/h5-8,14-15,17-19,21,24-25H,3-4,9-10H2,1-2H3,(H,20,22)/t14?,15?,17-,18?,19-/m0/s1. The topological polar surface area (TPSA) is 135 Å². The van der Waals surface area contributed by atoms with Crippen LogP contribution in [0, 0.1) is 5.92 Å². The van der Waals surface area contributed by atoms with Crippen molar-refractivity contribution in [3.8, 4) is 5.75 Å². The maximum absolute atomic E-state index is 11.6. The second-order valence-electron chi connectivity index (χ2n) is 6.63. The van der Waals surface area contributed by atoms with E-state index in [4.69, 9.17) is 14.2 Å². The third kappa shape index (κ3) is 5.90. The number of hydrogen-bond acceptors (Lipinski definition) is 8. The Morgan fingerprint density at radius 3 is 2.43 bits per heavy atom. The lowest BCUT2D eigenvalue weighted by atomic mass is 9.90. The lowest BCUT2D eigenvalue weighted by Gasteiger charge is -2.41. The minimum Gasteiger partial charge on any atom is -0.463 e. The van der Waals surface area contributed by atoms with Crippen LogP contribution in [0.4, 0.5) is 5.69 Å². The van der Waals surface area contributed by atoms with Crippen LogP contribution in [0.3, 0.4) is 0 Å². The van der Waals surface area contributed by atoms with Gasteiger partial charge in [0, 0.05) is 24.9 Å². The van der Waals surface area contributed by atoms with E-state index in [9.17, 15) is 24.9 Å². The third-order valence-electron chi connectivity index (χ3n) is 4.35. The predicted octanol–water partition coefficient (Wildman–Crippen LogP) is 0.422. The number of rotatable bonds is 8. The number of carbonyl (C=O) groups excluding carboxylic acids is 2. The van der Waals surface area contributed by atoms with Crippen LogP contribution in [0.15, 0.2) is 24.3 Å². The molecule has 28 heavy (non-hydrogen) atoms. The average Bonchev–Trinajstić information content (AvgIpc) is 2.65. The van der Waals surface area contributed by atoms with Crippen LogP contribution in [0.5, 0.6) is 5.75 Å². The first-order chi connectivity index (χ1) is 13.3. The van der Waals surface area contributed by atoms with Gasteiger partial charge in [-0.3, -0.25) is 9.59 Å². The molecule has 0 radical (unpaired) electrons. The van der Waals surface area contributed by atoms with Crippen LogP contribution in [-0.2, 0) is 19.1 Å². The largest absolute Gasteiger partial charge is 0.463 e. The molecule has 0 saturated carbocycles. The van der Waals surface area contributed by atoms with E-state index in [2.05, 4.69) is 5.32 Å². The van der Waals surface area contributed by atoms with E-state index < -0.39 is 43.1 Å². The quantitative estimate of drug-likeness (QED) is 0.464. The first-order valence-electron chi connectivity index (χ1n) is 9.18. The van der Waals surface area contributed by atoms with Gasteiger partial charge in [-0.25, -0.2) is 0 Å². The van der Waals surface area contributed by atoms with Crippen molar-refractivity contribution < 1.29 is 39.1 Å². The van der Waals surface area contributed by atoms with Crippen molar-refractivity contribution in [2.45, 2.75) is 51.3 Å². The number of ether oxygens (including phenoxy) is 3. The summed E-state index contributed by atoms with van der Waals surface area (Å²) in [5, 5.41) is 32.9. The van der Waals surface area contributed by atoms with Crippen molar-refractivity contribution in [2.75, 3.05) is 18.5 Å². The summed E-state index contributed by atoms with van der Waals surface area (Å²) in [4.78, 5) is 22.6. The molecule has 3 unspecified atom stereocenters. The molecule has 1 fully saturated rings. The molecule has 1 aromatic rings. The maximum Gasteiger partial charge on any atom is 0.305 e. The van der Waals surface area contributed by atoms with Crippen molar-refractivity contribution in [2.24, 2.45) is 5.92 Å². The van der Waals surface area contributed by atoms with Crippen molar-refractivity contribution in [1.29, 1.82) is 0 Å². The van der Waals surface area contributed by atoms with Gasteiger partial charge in [0.05, 0.1) is 12.7 Å². The number of nitrogens with one attached hydrogen (secondary N) is 1. The number of carbonyl (C=O) groups is 2. The zero-order valence-corrected chi connectivity index (χ0v) is 15.9. The van der Waals surface area contributed by atoms with Gasteiger partial charge in [-0.2, -0.15) is 0 Å². The molecule has 9 nitrogen and oxygen atoms in total. The van der Waals surface area contributed by atoms with E-state index >= 15 is 0 Å². The van der Waals surface area contributed by atoms with Crippen molar-refractivity contribution >= 4 is 17.6 Å². The molecule has 0 bridgehead atoms. The van der Waals surface area contributed by atoms with E-state index in [0.29, 0.717) is 17.9 Å². The molecular weight excluding hydrogens is 370 g/mol. The van der Waals surface area contributed by atoms with Crippen LogP contribution in [0.2, 0.25) is 0 Å². The highest BCUT2D eigenvalue weighted by atomic mass is 16.7. The molecule has 4 N–H and O–H groups in total. The Labute approximate surface area is 163 Å². The van der Waals surface area contributed by atoms with E-state index in [1.807, 2.05) is 6.92 Å². The van der Waals surface area contributed by atoms with Gasteiger partial charge in [0.1, 0.15) is 24.6 Å². The molecule has 1 saturated heterocycles. The Balaban J connectivity index is 2.04. The van der Waals surface area contributed by atoms with E-state index in [0.717, 1.165) is 0 Å². The number of aliphatic hydroxyl groups excluding tert-OH is 3. The van der Waals surface area contributed by atoms with Gasteiger partial charge in [0.15, 0.2) is 0 Å². The van der Waals surface area contributed by atoms with Gasteiger partial charge in [-0.05, 0) is 30.7 Å². The molecule has 1 aliphatic rings. The van der Waals surface area contributed by atoms with Gasteiger partial charge < -0.3 is 34.8 Å². The molecule has 0 aliphatic carbocycles. The summed E-state index contributed by atoms with van der Waals surface area (Å²) >= 11 is 0. The SMILES string of the molecule is CCCC(=O)OCC1O[C@H](Oc2ccc(NC(C)=O)cc2)C(O)C(CO)[C@@H]1O. The average molecular weight is 397 g/mol. The van der Waals surface area contributed by atoms with E-state index in [1.54, 1.807) is 24.3 Å². The van der Waals surface area contributed by atoms with Crippen molar-refractivity contribution in [3.63, 3.8) is 0 Å². The highest BCUT2D eigenvalue weighted by molar-refractivity contribution is 5.88. The summed E-state index contributed by atoms with van der Waals surface area (Å²) in [7, 11) is 0. The molecule has 156 valence electrons. The number of amides is 1.